The van der Waals surface area contributed by atoms with Gasteiger partial charge in [0.05, 0.1) is 7.11 Å². The van der Waals surface area contributed by atoms with Crippen molar-refractivity contribution < 1.29 is 19.1 Å². The van der Waals surface area contributed by atoms with E-state index in [-0.39, 0.29) is 23.3 Å². The van der Waals surface area contributed by atoms with Crippen molar-refractivity contribution >= 4 is 18.0 Å². The molecule has 32 heavy (non-hydrogen) atoms. The molecule has 0 amide bonds. The Bertz CT molecular complexity index is 925. The topological polar surface area (TPSA) is 113 Å². The van der Waals surface area contributed by atoms with Gasteiger partial charge in [-0.05, 0) is 51.5 Å². The highest BCUT2D eigenvalue weighted by atomic mass is 16.5. The quantitative estimate of drug-likeness (QED) is 0.104. The Kier molecular flexibility index (Phi) is 12.0. The molecule has 1 aromatic rings. The lowest BCUT2D eigenvalue weighted by Gasteiger charge is -2.11. The van der Waals surface area contributed by atoms with Gasteiger partial charge >= 0.3 is 11.6 Å². The molecule has 0 radical (unpaired) electrons. The molecule has 1 unspecified atom stereocenters. The van der Waals surface area contributed by atoms with Crippen LogP contribution in [0.5, 0.6) is 5.75 Å². The Hall–Kier alpha value is -2.96. The molecular formula is C25H36N2O5. The summed E-state index contributed by atoms with van der Waals surface area (Å²) in [6.07, 6.45) is 11.6. The maximum absolute atomic E-state index is 12.7. The van der Waals surface area contributed by atoms with E-state index < -0.39 is 11.4 Å². The highest BCUT2D eigenvalue weighted by Gasteiger charge is 2.21. The summed E-state index contributed by atoms with van der Waals surface area (Å²) in [6.45, 7) is 7.67. The molecule has 0 saturated heterocycles. The van der Waals surface area contributed by atoms with E-state index in [1.165, 1.54) is 19.6 Å². The molecule has 1 heterocycles. The van der Waals surface area contributed by atoms with Gasteiger partial charge in [-0.15, -0.1) is 0 Å². The molecule has 0 aliphatic heterocycles. The first-order valence-electron chi connectivity index (χ1n) is 11.1. The highest BCUT2D eigenvalue weighted by molar-refractivity contribution is 6.09. The number of hydrogen-bond acceptors (Lipinski definition) is 6. The summed E-state index contributed by atoms with van der Waals surface area (Å²) in [5.74, 6) is -0.693. The van der Waals surface area contributed by atoms with Crippen LogP contribution in [0.25, 0.3) is 0 Å². The Labute approximate surface area is 190 Å². The molecule has 0 saturated carbocycles. The van der Waals surface area contributed by atoms with Gasteiger partial charge < -0.3 is 14.3 Å². The molecule has 0 bridgehead atoms. The maximum atomic E-state index is 12.7. The minimum absolute atomic E-state index is 0.127. The molecule has 7 nitrogen and oxygen atoms in total. The number of carbonyl (C=O) groups is 1. The van der Waals surface area contributed by atoms with Crippen LogP contribution in [-0.2, 0) is 4.74 Å². The summed E-state index contributed by atoms with van der Waals surface area (Å²) in [5.41, 5.74) is 0.361. The number of hydrogen-bond donors (Lipinski definition) is 2. The molecule has 7 heteroatoms. The zero-order valence-corrected chi connectivity index (χ0v) is 19.9. The van der Waals surface area contributed by atoms with Gasteiger partial charge in [0.2, 0.25) is 0 Å². The van der Waals surface area contributed by atoms with E-state index in [0.717, 1.165) is 31.3 Å². The number of nitrogens with one attached hydrogen (secondary N) is 1. The van der Waals surface area contributed by atoms with Crippen LogP contribution in [0.15, 0.2) is 43.6 Å². The van der Waals surface area contributed by atoms with Crippen LogP contribution in [0, 0.1) is 5.41 Å². The number of amidine groups is 1. The first-order chi connectivity index (χ1) is 15.2. The minimum atomic E-state index is -0.830. The third-order valence-electron chi connectivity index (χ3n) is 5.19. The lowest BCUT2D eigenvalue weighted by atomic mass is 9.99. The van der Waals surface area contributed by atoms with Crippen LogP contribution < -0.4 is 5.63 Å². The molecular weight excluding hydrogens is 408 g/mol. The van der Waals surface area contributed by atoms with Crippen molar-refractivity contribution in [1.82, 2.24) is 0 Å². The normalized spacial score (nSPS) is 13.4. The smallest absolute Gasteiger partial charge is 0.351 e. The summed E-state index contributed by atoms with van der Waals surface area (Å²) < 4.78 is 10.00. The molecule has 1 rings (SSSR count). The largest absolute Gasteiger partial charge is 0.507 e. The molecule has 1 atom stereocenters. The Morgan fingerprint density at radius 2 is 2.00 bits per heavy atom. The van der Waals surface area contributed by atoms with Gasteiger partial charge in [0, 0.05) is 18.2 Å². The van der Waals surface area contributed by atoms with Gasteiger partial charge in [0.15, 0.2) is 5.78 Å². The van der Waals surface area contributed by atoms with Crippen LogP contribution >= 0.6 is 0 Å². The van der Waals surface area contributed by atoms with E-state index >= 15 is 0 Å². The minimum Gasteiger partial charge on any atom is -0.507 e. The Morgan fingerprint density at radius 3 is 2.62 bits per heavy atom. The van der Waals surface area contributed by atoms with Crippen LogP contribution in [0.4, 0.5) is 0 Å². The number of ether oxygens (including phenoxy) is 1. The first kappa shape index (κ1) is 27.1. The molecule has 0 spiro atoms. The third-order valence-corrected chi connectivity index (χ3v) is 5.19. The average Bonchev–Trinajstić information content (AvgIpc) is 2.76. The van der Waals surface area contributed by atoms with E-state index in [1.807, 2.05) is 19.9 Å². The highest BCUT2D eigenvalue weighted by Crippen LogP contribution is 2.26. The van der Waals surface area contributed by atoms with Crippen molar-refractivity contribution in [3.05, 3.63) is 51.1 Å². The van der Waals surface area contributed by atoms with Crippen molar-refractivity contribution in [3.63, 3.8) is 0 Å². The van der Waals surface area contributed by atoms with Crippen LogP contribution in [0.1, 0.15) is 94.7 Å². The standard InChI is InChI=1S/C25H36N2O5/c1-6-7-8-11-17(2)13-14-19(4)23(29)22-20(28)16-21(32-24(22)30)18(3)12-9-10-15-27-25(26)31-5/h13-16,18,26,28H,6-12H2,1-5H3. The van der Waals surface area contributed by atoms with E-state index in [9.17, 15) is 14.7 Å². The number of ketones is 1. The number of carbonyl (C=O) groups excluding carboxylic acids is 1. The lowest BCUT2D eigenvalue weighted by molar-refractivity contribution is 0.102. The predicted octanol–water partition coefficient (Wildman–Crippen LogP) is 5.93. The van der Waals surface area contributed by atoms with E-state index in [1.54, 1.807) is 19.2 Å². The molecule has 0 aliphatic rings. The number of methoxy groups -OCH3 is 1. The lowest BCUT2D eigenvalue weighted by Crippen LogP contribution is -2.16. The van der Waals surface area contributed by atoms with Gasteiger partial charge in [0.1, 0.15) is 17.1 Å². The van der Waals surface area contributed by atoms with Gasteiger partial charge in [-0.3, -0.25) is 4.79 Å². The summed E-state index contributed by atoms with van der Waals surface area (Å²) >= 11 is 0. The number of unbranched alkanes of at least 4 members (excludes halogenated alkanes) is 3. The van der Waals surface area contributed by atoms with Crippen LogP contribution in [0.2, 0.25) is 0 Å². The monoisotopic (exact) mass is 444 g/mol. The van der Waals surface area contributed by atoms with Crippen molar-refractivity contribution in [2.45, 2.75) is 78.6 Å². The number of Topliss-reactive ketones (excluding diaryl/α,β-unsaturated/α-hetero) is 1. The zero-order chi connectivity index (χ0) is 24.1. The summed E-state index contributed by atoms with van der Waals surface area (Å²) in [4.78, 5) is 29.0. The van der Waals surface area contributed by atoms with Crippen molar-refractivity contribution in [2.24, 2.45) is 4.99 Å². The Morgan fingerprint density at radius 1 is 1.28 bits per heavy atom. The molecule has 0 fully saturated rings. The number of aliphatic imine (C=N–C) groups is 1. The molecule has 0 aliphatic carbocycles. The molecule has 2 N–H and O–H groups in total. The fourth-order valence-corrected chi connectivity index (χ4v) is 3.09. The number of nitrogens with zero attached hydrogens (tertiary/aromatic N) is 1. The third kappa shape index (κ3) is 9.04. The number of allylic oxidation sites excluding steroid dienone is 4. The van der Waals surface area contributed by atoms with Gasteiger partial charge in [-0.1, -0.05) is 44.4 Å². The molecule has 1 aromatic heterocycles. The second kappa shape index (κ2) is 14.2. The second-order valence-electron chi connectivity index (χ2n) is 8.00. The maximum Gasteiger partial charge on any atom is 0.351 e. The van der Waals surface area contributed by atoms with Crippen LogP contribution in [-0.4, -0.2) is 30.2 Å². The van der Waals surface area contributed by atoms with Crippen molar-refractivity contribution in [1.29, 1.82) is 5.41 Å². The van der Waals surface area contributed by atoms with E-state index in [4.69, 9.17) is 9.83 Å². The summed E-state index contributed by atoms with van der Waals surface area (Å²) in [7, 11) is 1.38. The number of aromatic hydroxyl groups is 1. The Balaban J connectivity index is 2.84. The van der Waals surface area contributed by atoms with Crippen LogP contribution in [0.3, 0.4) is 0 Å². The van der Waals surface area contributed by atoms with Crippen molar-refractivity contribution in [3.8, 4) is 5.75 Å². The average molecular weight is 445 g/mol. The zero-order valence-electron chi connectivity index (χ0n) is 19.9. The fourth-order valence-electron chi connectivity index (χ4n) is 3.09. The SMILES string of the molecule is CCCCCC(C)=CC=C(C)C(=O)c1c(O)cc(C(C)CCCC=NC(=N)OC)oc1=O. The van der Waals surface area contributed by atoms with E-state index in [0.29, 0.717) is 24.2 Å². The van der Waals surface area contributed by atoms with Gasteiger partial charge in [-0.25, -0.2) is 15.2 Å². The summed E-state index contributed by atoms with van der Waals surface area (Å²) in [6, 6.07) is 1.20. The van der Waals surface area contributed by atoms with Crippen molar-refractivity contribution in [2.75, 3.05) is 7.11 Å². The first-order valence-corrected chi connectivity index (χ1v) is 11.1. The predicted molar refractivity (Wildman–Crippen MR) is 128 cm³/mol. The number of rotatable bonds is 12. The summed E-state index contributed by atoms with van der Waals surface area (Å²) in [5, 5.41) is 17.6. The molecule has 176 valence electrons. The fraction of sp³-hybridized carbons (Fsp3) is 0.520. The molecule has 0 aromatic carbocycles. The van der Waals surface area contributed by atoms with Gasteiger partial charge in [-0.2, -0.15) is 0 Å². The van der Waals surface area contributed by atoms with E-state index in [2.05, 4.69) is 16.7 Å². The second-order valence-corrected chi connectivity index (χ2v) is 8.00. The van der Waals surface area contributed by atoms with Gasteiger partial charge in [0.25, 0.3) is 0 Å².